The van der Waals surface area contributed by atoms with Gasteiger partial charge in [0.2, 0.25) is 0 Å². The average Bonchev–Trinajstić information content (AvgIpc) is 2.41. The van der Waals surface area contributed by atoms with Crippen molar-refractivity contribution in [3.63, 3.8) is 0 Å². The SMILES string of the molecule is CCc1[nH]c(C2(OC)CCCC(C)C2)nc(=S)c1C. The third kappa shape index (κ3) is 2.75. The maximum absolute atomic E-state index is 5.89. The Labute approximate surface area is 120 Å². The van der Waals surface area contributed by atoms with Gasteiger partial charge in [-0.25, -0.2) is 4.98 Å². The van der Waals surface area contributed by atoms with Crippen LogP contribution in [0.5, 0.6) is 0 Å². The van der Waals surface area contributed by atoms with E-state index >= 15 is 0 Å². The molecule has 1 N–H and O–H groups in total. The second-order valence-electron chi connectivity index (χ2n) is 5.75. The zero-order valence-corrected chi connectivity index (χ0v) is 13.2. The first-order chi connectivity index (χ1) is 9.02. The molecule has 1 aliphatic rings. The first-order valence-corrected chi connectivity index (χ1v) is 7.58. The maximum atomic E-state index is 5.89. The quantitative estimate of drug-likeness (QED) is 0.848. The average molecular weight is 280 g/mol. The standard InChI is InChI=1S/C15H24N2OS/c1-5-12-11(3)13(19)17-14(16-12)15(18-4)8-6-7-10(2)9-15/h10H,5-9H2,1-4H3,(H,16,17,19). The van der Waals surface area contributed by atoms with E-state index in [9.17, 15) is 0 Å². The predicted molar refractivity (Wildman–Crippen MR) is 79.9 cm³/mol. The maximum Gasteiger partial charge on any atom is 0.140 e. The Morgan fingerprint density at radius 3 is 2.84 bits per heavy atom. The lowest BCUT2D eigenvalue weighted by molar-refractivity contribution is -0.0648. The molecule has 0 radical (unpaired) electrons. The molecule has 2 rings (SSSR count). The number of hydrogen-bond acceptors (Lipinski definition) is 3. The molecule has 2 unspecified atom stereocenters. The molecule has 106 valence electrons. The van der Waals surface area contributed by atoms with E-state index in [1.165, 1.54) is 18.5 Å². The molecule has 1 aliphatic carbocycles. The van der Waals surface area contributed by atoms with Crippen molar-refractivity contribution in [2.45, 2.75) is 58.5 Å². The Kier molecular flexibility index (Phi) is 4.41. The van der Waals surface area contributed by atoms with Crippen LogP contribution >= 0.6 is 12.2 Å². The number of hydrogen-bond donors (Lipinski definition) is 1. The Hall–Kier alpha value is -0.740. The predicted octanol–water partition coefficient (Wildman–Crippen LogP) is 4.06. The third-order valence-corrected chi connectivity index (χ3v) is 4.79. The Bertz CT molecular complexity index is 511. The highest BCUT2D eigenvalue weighted by Gasteiger charge is 2.39. The van der Waals surface area contributed by atoms with Gasteiger partial charge in [-0.05, 0) is 38.5 Å². The fourth-order valence-corrected chi connectivity index (χ4v) is 3.36. The molecule has 1 aromatic heterocycles. The minimum Gasteiger partial charge on any atom is -0.370 e. The summed E-state index contributed by atoms with van der Waals surface area (Å²) in [5, 5.41) is 0. The van der Waals surface area contributed by atoms with Crippen LogP contribution in [-0.2, 0) is 16.8 Å². The third-order valence-electron chi connectivity index (χ3n) is 4.39. The largest absolute Gasteiger partial charge is 0.370 e. The number of rotatable bonds is 3. The van der Waals surface area contributed by atoms with Crippen LogP contribution in [0.1, 0.15) is 56.6 Å². The summed E-state index contributed by atoms with van der Waals surface area (Å²) >= 11 is 5.40. The molecule has 3 nitrogen and oxygen atoms in total. The summed E-state index contributed by atoms with van der Waals surface area (Å²) in [7, 11) is 1.79. The fraction of sp³-hybridized carbons (Fsp3) is 0.733. The first kappa shape index (κ1) is 14.7. The molecule has 0 saturated heterocycles. The van der Waals surface area contributed by atoms with E-state index in [2.05, 4.69) is 23.8 Å². The summed E-state index contributed by atoms with van der Waals surface area (Å²) < 4.78 is 6.60. The van der Waals surface area contributed by atoms with Gasteiger partial charge >= 0.3 is 0 Å². The van der Waals surface area contributed by atoms with E-state index in [1.807, 2.05) is 6.92 Å². The number of nitrogens with one attached hydrogen (secondary N) is 1. The lowest BCUT2D eigenvalue weighted by atomic mass is 9.78. The zero-order chi connectivity index (χ0) is 14.0. The van der Waals surface area contributed by atoms with E-state index < -0.39 is 0 Å². The molecule has 0 bridgehead atoms. The van der Waals surface area contributed by atoms with Crippen LogP contribution in [0.15, 0.2) is 0 Å². The summed E-state index contributed by atoms with van der Waals surface area (Å²) in [6.45, 7) is 6.47. The molecule has 0 aromatic carbocycles. The summed E-state index contributed by atoms with van der Waals surface area (Å²) in [6.07, 6.45) is 5.46. The lowest BCUT2D eigenvalue weighted by Crippen LogP contribution is -2.36. The zero-order valence-electron chi connectivity index (χ0n) is 12.4. The van der Waals surface area contributed by atoms with Crippen LogP contribution in [0.3, 0.4) is 0 Å². The van der Waals surface area contributed by atoms with Crippen molar-refractivity contribution >= 4 is 12.2 Å². The van der Waals surface area contributed by atoms with Crippen molar-refractivity contribution in [1.29, 1.82) is 0 Å². The van der Waals surface area contributed by atoms with Crippen molar-refractivity contribution in [3.8, 4) is 0 Å². The van der Waals surface area contributed by atoms with Gasteiger partial charge in [0.05, 0.1) is 0 Å². The summed E-state index contributed by atoms with van der Waals surface area (Å²) in [5.74, 6) is 1.60. The monoisotopic (exact) mass is 280 g/mol. The Morgan fingerprint density at radius 2 is 2.26 bits per heavy atom. The molecule has 0 aliphatic heterocycles. The molecule has 0 spiro atoms. The lowest BCUT2D eigenvalue weighted by Gasteiger charge is -2.38. The van der Waals surface area contributed by atoms with Gasteiger partial charge in [0.1, 0.15) is 16.1 Å². The van der Waals surface area contributed by atoms with Gasteiger partial charge in [0, 0.05) is 18.4 Å². The minimum atomic E-state index is -0.275. The smallest absolute Gasteiger partial charge is 0.140 e. The Morgan fingerprint density at radius 1 is 1.53 bits per heavy atom. The summed E-state index contributed by atoms with van der Waals surface area (Å²) in [4.78, 5) is 8.10. The van der Waals surface area contributed by atoms with Crippen LogP contribution in [0, 0.1) is 17.5 Å². The van der Waals surface area contributed by atoms with E-state index in [1.54, 1.807) is 7.11 Å². The van der Waals surface area contributed by atoms with Crippen molar-refractivity contribution in [2.24, 2.45) is 5.92 Å². The second-order valence-corrected chi connectivity index (χ2v) is 6.13. The highest BCUT2D eigenvalue weighted by atomic mass is 32.1. The normalized spacial score (nSPS) is 27.5. The molecule has 0 amide bonds. The van der Waals surface area contributed by atoms with Crippen molar-refractivity contribution in [1.82, 2.24) is 9.97 Å². The van der Waals surface area contributed by atoms with Crippen molar-refractivity contribution in [2.75, 3.05) is 7.11 Å². The van der Waals surface area contributed by atoms with Crippen molar-refractivity contribution in [3.05, 3.63) is 21.7 Å². The number of aromatic nitrogens is 2. The van der Waals surface area contributed by atoms with Gasteiger partial charge in [-0.2, -0.15) is 0 Å². The number of nitrogens with zero attached hydrogens (tertiary/aromatic N) is 1. The van der Waals surface area contributed by atoms with Crippen molar-refractivity contribution < 1.29 is 4.74 Å². The van der Waals surface area contributed by atoms with Crippen LogP contribution in [0.4, 0.5) is 0 Å². The molecular formula is C15H24N2OS. The van der Waals surface area contributed by atoms with E-state index in [4.69, 9.17) is 17.0 Å². The molecule has 4 heteroatoms. The Balaban J connectivity index is 2.49. The fourth-order valence-electron chi connectivity index (χ4n) is 3.15. The molecule has 1 aromatic rings. The molecule has 19 heavy (non-hydrogen) atoms. The van der Waals surface area contributed by atoms with E-state index in [0.717, 1.165) is 30.7 Å². The number of aryl methyl sites for hydroxylation is 1. The van der Waals surface area contributed by atoms with Gasteiger partial charge in [0.15, 0.2) is 0 Å². The molecule has 1 fully saturated rings. The van der Waals surface area contributed by atoms with Gasteiger partial charge in [-0.3, -0.25) is 0 Å². The van der Waals surface area contributed by atoms with Crippen LogP contribution in [-0.4, -0.2) is 17.1 Å². The van der Waals surface area contributed by atoms with Gasteiger partial charge in [-0.1, -0.05) is 32.5 Å². The molecule has 1 saturated carbocycles. The van der Waals surface area contributed by atoms with Gasteiger partial charge < -0.3 is 9.72 Å². The van der Waals surface area contributed by atoms with Gasteiger partial charge in [0.25, 0.3) is 0 Å². The number of methoxy groups -OCH3 is 1. The minimum absolute atomic E-state index is 0.275. The number of ether oxygens (including phenoxy) is 1. The van der Waals surface area contributed by atoms with Gasteiger partial charge in [-0.15, -0.1) is 0 Å². The molecular weight excluding hydrogens is 256 g/mol. The highest BCUT2D eigenvalue weighted by molar-refractivity contribution is 7.71. The molecule has 2 atom stereocenters. The first-order valence-electron chi connectivity index (χ1n) is 7.18. The van der Waals surface area contributed by atoms with Crippen LogP contribution in [0.2, 0.25) is 0 Å². The number of aromatic amines is 1. The summed E-state index contributed by atoms with van der Waals surface area (Å²) in [6, 6.07) is 0. The summed E-state index contributed by atoms with van der Waals surface area (Å²) in [5.41, 5.74) is 2.00. The van der Waals surface area contributed by atoms with E-state index in [-0.39, 0.29) is 5.60 Å². The van der Waals surface area contributed by atoms with E-state index in [0.29, 0.717) is 10.6 Å². The second kappa shape index (κ2) is 5.71. The van der Waals surface area contributed by atoms with Crippen LogP contribution in [0.25, 0.3) is 0 Å². The van der Waals surface area contributed by atoms with Crippen LogP contribution < -0.4 is 0 Å². The highest BCUT2D eigenvalue weighted by Crippen LogP contribution is 2.41. The topological polar surface area (TPSA) is 37.9 Å². The molecule has 1 heterocycles. The number of H-pyrrole nitrogens is 1.